The highest BCUT2D eigenvalue weighted by Crippen LogP contribution is 2.24. The summed E-state index contributed by atoms with van der Waals surface area (Å²) in [6.45, 7) is 4.54. The van der Waals surface area contributed by atoms with E-state index in [4.69, 9.17) is 5.73 Å². The van der Waals surface area contributed by atoms with E-state index in [0.29, 0.717) is 28.8 Å². The molecule has 0 unspecified atom stereocenters. The van der Waals surface area contributed by atoms with Gasteiger partial charge in [0.05, 0.1) is 28.6 Å². The van der Waals surface area contributed by atoms with Crippen LogP contribution in [-0.4, -0.2) is 28.2 Å². The summed E-state index contributed by atoms with van der Waals surface area (Å²) in [5, 5.41) is 12.9. The number of fused-ring (bicyclic) bond motifs is 1. The van der Waals surface area contributed by atoms with Gasteiger partial charge in [-0.25, -0.2) is 4.98 Å². The Morgan fingerprint density at radius 1 is 1.47 bits per heavy atom. The summed E-state index contributed by atoms with van der Waals surface area (Å²) >= 11 is 0. The Morgan fingerprint density at radius 3 is 2.89 bits per heavy atom. The first-order chi connectivity index (χ1) is 8.93. The fraction of sp³-hybridized carbons (Fsp3) is 0.385. The molecule has 0 aliphatic carbocycles. The predicted octanol–water partition coefficient (Wildman–Crippen LogP) is 0.936. The van der Waals surface area contributed by atoms with Crippen LogP contribution in [-0.2, 0) is 0 Å². The van der Waals surface area contributed by atoms with E-state index < -0.39 is 0 Å². The van der Waals surface area contributed by atoms with Crippen molar-refractivity contribution in [2.45, 2.75) is 13.8 Å². The molecule has 2 aromatic rings. The summed E-state index contributed by atoms with van der Waals surface area (Å²) in [6, 6.07) is 3.35. The molecule has 6 nitrogen and oxygen atoms in total. The quantitative estimate of drug-likeness (QED) is 0.614. The minimum Gasteiger partial charge on any atom is -0.397 e. The molecule has 0 fully saturated rings. The number of nitrogens with two attached hydrogens (primary N) is 1. The SMILES string of the molecule is CC(C)(CO)CNc1cc2nc[nH]c(=O)c2cc1N. The first-order valence-corrected chi connectivity index (χ1v) is 6.04. The van der Waals surface area contributed by atoms with Crippen LogP contribution < -0.4 is 16.6 Å². The van der Waals surface area contributed by atoms with Crippen molar-refractivity contribution in [3.05, 3.63) is 28.8 Å². The number of aromatic amines is 1. The second-order valence-corrected chi connectivity index (χ2v) is 5.36. The van der Waals surface area contributed by atoms with Gasteiger partial charge in [0.25, 0.3) is 5.56 Å². The second-order valence-electron chi connectivity index (χ2n) is 5.36. The van der Waals surface area contributed by atoms with E-state index in [9.17, 15) is 9.90 Å². The van der Waals surface area contributed by atoms with Crippen LogP contribution in [0.1, 0.15) is 13.8 Å². The Balaban J connectivity index is 2.35. The van der Waals surface area contributed by atoms with Gasteiger partial charge in [0.2, 0.25) is 0 Å². The number of anilines is 2. The smallest absolute Gasteiger partial charge is 0.258 e. The predicted molar refractivity (Wildman–Crippen MR) is 76.1 cm³/mol. The van der Waals surface area contributed by atoms with Gasteiger partial charge in [-0.15, -0.1) is 0 Å². The summed E-state index contributed by atoms with van der Waals surface area (Å²) in [5.41, 5.74) is 7.25. The summed E-state index contributed by atoms with van der Waals surface area (Å²) in [7, 11) is 0. The Labute approximate surface area is 110 Å². The first-order valence-electron chi connectivity index (χ1n) is 6.04. The normalized spacial score (nSPS) is 11.7. The van der Waals surface area contributed by atoms with E-state index in [2.05, 4.69) is 15.3 Å². The molecule has 19 heavy (non-hydrogen) atoms. The van der Waals surface area contributed by atoms with Gasteiger partial charge in [0.15, 0.2) is 0 Å². The van der Waals surface area contributed by atoms with Crippen LogP contribution in [0.4, 0.5) is 11.4 Å². The fourth-order valence-electron chi connectivity index (χ4n) is 1.68. The number of benzene rings is 1. The average Bonchev–Trinajstić information content (AvgIpc) is 2.38. The second kappa shape index (κ2) is 4.89. The number of rotatable bonds is 4. The zero-order chi connectivity index (χ0) is 14.0. The van der Waals surface area contributed by atoms with Crippen LogP contribution >= 0.6 is 0 Å². The maximum absolute atomic E-state index is 11.6. The molecule has 0 aliphatic heterocycles. The van der Waals surface area contributed by atoms with E-state index in [1.54, 1.807) is 12.1 Å². The Hall–Kier alpha value is -2.08. The number of H-pyrrole nitrogens is 1. The summed E-state index contributed by atoms with van der Waals surface area (Å²) < 4.78 is 0. The molecule has 1 aromatic heterocycles. The molecule has 0 saturated heterocycles. The van der Waals surface area contributed by atoms with E-state index in [1.165, 1.54) is 6.33 Å². The Kier molecular flexibility index (Phi) is 3.44. The lowest BCUT2D eigenvalue weighted by Crippen LogP contribution is -2.27. The topological polar surface area (TPSA) is 104 Å². The number of aliphatic hydroxyl groups is 1. The molecule has 0 bridgehead atoms. The maximum Gasteiger partial charge on any atom is 0.258 e. The standard InChI is InChI=1S/C13H18N4O2/c1-13(2,6-18)5-15-11-4-10-8(3-9(11)14)12(19)17-7-16-10/h3-4,7,15,18H,5-6,14H2,1-2H3,(H,16,17,19). The van der Waals surface area contributed by atoms with Gasteiger partial charge in [-0.1, -0.05) is 13.8 Å². The third-order valence-electron chi connectivity index (χ3n) is 3.00. The molecule has 6 heteroatoms. The van der Waals surface area contributed by atoms with Gasteiger partial charge in [-0.05, 0) is 12.1 Å². The van der Waals surface area contributed by atoms with Crippen molar-refractivity contribution < 1.29 is 5.11 Å². The van der Waals surface area contributed by atoms with Crippen molar-refractivity contribution in [3.8, 4) is 0 Å². The van der Waals surface area contributed by atoms with Crippen molar-refractivity contribution >= 4 is 22.3 Å². The van der Waals surface area contributed by atoms with Gasteiger partial charge in [0, 0.05) is 18.6 Å². The molecule has 1 aromatic carbocycles. The van der Waals surface area contributed by atoms with Gasteiger partial charge < -0.3 is 21.1 Å². The highest BCUT2D eigenvalue weighted by molar-refractivity contribution is 5.88. The molecule has 2 rings (SSSR count). The van der Waals surface area contributed by atoms with Crippen molar-refractivity contribution in [1.29, 1.82) is 0 Å². The molecule has 0 spiro atoms. The van der Waals surface area contributed by atoms with Crippen LogP contribution in [0.2, 0.25) is 0 Å². The minimum absolute atomic E-state index is 0.0748. The van der Waals surface area contributed by atoms with Gasteiger partial charge in [0.1, 0.15) is 0 Å². The van der Waals surface area contributed by atoms with Crippen LogP contribution in [0.25, 0.3) is 10.9 Å². The molecule has 0 atom stereocenters. The van der Waals surface area contributed by atoms with Gasteiger partial charge in [-0.2, -0.15) is 0 Å². The van der Waals surface area contributed by atoms with E-state index in [1.807, 2.05) is 13.8 Å². The number of hydrogen-bond acceptors (Lipinski definition) is 5. The summed E-state index contributed by atoms with van der Waals surface area (Å²) in [4.78, 5) is 18.2. The first kappa shape index (κ1) is 13.4. The van der Waals surface area contributed by atoms with Crippen LogP contribution in [0, 0.1) is 5.41 Å². The molecule has 0 amide bonds. The van der Waals surface area contributed by atoms with Crippen LogP contribution in [0.5, 0.6) is 0 Å². The van der Waals surface area contributed by atoms with Crippen molar-refractivity contribution in [2.75, 3.05) is 24.2 Å². The molecule has 5 N–H and O–H groups in total. The minimum atomic E-state index is -0.247. The van der Waals surface area contributed by atoms with Crippen LogP contribution in [0.3, 0.4) is 0 Å². The average molecular weight is 262 g/mol. The number of nitrogens with zero attached hydrogens (tertiary/aromatic N) is 1. The lowest BCUT2D eigenvalue weighted by Gasteiger charge is -2.23. The maximum atomic E-state index is 11.6. The van der Waals surface area contributed by atoms with Gasteiger partial charge >= 0.3 is 0 Å². The van der Waals surface area contributed by atoms with Crippen molar-refractivity contribution in [2.24, 2.45) is 5.41 Å². The number of hydrogen-bond donors (Lipinski definition) is 4. The lowest BCUT2D eigenvalue weighted by atomic mass is 9.95. The molecule has 102 valence electrons. The Bertz CT molecular complexity index is 649. The van der Waals surface area contributed by atoms with Crippen molar-refractivity contribution in [3.63, 3.8) is 0 Å². The van der Waals surface area contributed by atoms with Gasteiger partial charge in [-0.3, -0.25) is 4.79 Å². The largest absolute Gasteiger partial charge is 0.397 e. The lowest BCUT2D eigenvalue weighted by molar-refractivity contribution is 0.171. The monoisotopic (exact) mass is 262 g/mol. The molecule has 1 heterocycles. The molecular formula is C13H18N4O2. The molecule has 0 aliphatic rings. The highest BCUT2D eigenvalue weighted by Gasteiger charge is 2.16. The van der Waals surface area contributed by atoms with E-state index >= 15 is 0 Å². The van der Waals surface area contributed by atoms with E-state index in [-0.39, 0.29) is 17.6 Å². The fourth-order valence-corrected chi connectivity index (χ4v) is 1.68. The Morgan fingerprint density at radius 2 is 2.21 bits per heavy atom. The zero-order valence-electron chi connectivity index (χ0n) is 11.0. The van der Waals surface area contributed by atoms with Crippen LogP contribution in [0.15, 0.2) is 23.3 Å². The number of aromatic nitrogens is 2. The summed E-state index contributed by atoms with van der Waals surface area (Å²) in [6.07, 6.45) is 1.36. The third kappa shape index (κ3) is 2.85. The number of nitrogens with one attached hydrogen (secondary N) is 2. The molecular weight excluding hydrogens is 244 g/mol. The van der Waals surface area contributed by atoms with Crippen molar-refractivity contribution in [1.82, 2.24) is 9.97 Å². The highest BCUT2D eigenvalue weighted by atomic mass is 16.3. The number of nitrogen functional groups attached to an aromatic ring is 1. The zero-order valence-corrected chi connectivity index (χ0v) is 11.0. The third-order valence-corrected chi connectivity index (χ3v) is 3.00. The number of aliphatic hydroxyl groups excluding tert-OH is 1. The molecule has 0 saturated carbocycles. The molecule has 0 radical (unpaired) electrons. The summed E-state index contributed by atoms with van der Waals surface area (Å²) in [5.74, 6) is 0. The van der Waals surface area contributed by atoms with E-state index in [0.717, 1.165) is 0 Å².